The Labute approximate surface area is 254 Å². The van der Waals surface area contributed by atoms with Gasteiger partial charge in [-0.05, 0) is 70.1 Å². The van der Waals surface area contributed by atoms with Crippen LogP contribution in [0.15, 0.2) is 113 Å². The number of rotatable bonds is 12. The van der Waals surface area contributed by atoms with E-state index in [9.17, 15) is 4.79 Å². The van der Waals surface area contributed by atoms with E-state index in [1.807, 2.05) is 72.8 Å². The number of para-hydroxylation sites is 1. The first-order valence-corrected chi connectivity index (χ1v) is 14.9. The van der Waals surface area contributed by atoms with Crippen LogP contribution in [0, 0.1) is 11.8 Å². The lowest BCUT2D eigenvalue weighted by Crippen LogP contribution is -2.32. The Morgan fingerprint density at radius 2 is 1.47 bits per heavy atom. The van der Waals surface area contributed by atoms with Crippen molar-refractivity contribution in [1.82, 2.24) is 0 Å². The number of amides is 1. The summed E-state index contributed by atoms with van der Waals surface area (Å²) in [6.45, 7) is 11.1. The van der Waals surface area contributed by atoms with E-state index in [4.69, 9.17) is 4.74 Å². The molecule has 4 aromatic carbocycles. The molecule has 0 radical (unpaired) electrons. The van der Waals surface area contributed by atoms with Crippen LogP contribution in [0.4, 0.5) is 11.4 Å². The van der Waals surface area contributed by atoms with E-state index in [-0.39, 0.29) is 12.3 Å². The van der Waals surface area contributed by atoms with E-state index in [1.54, 1.807) is 0 Å². The third kappa shape index (κ3) is 7.95. The highest BCUT2D eigenvalue weighted by Gasteiger charge is 2.19. The summed E-state index contributed by atoms with van der Waals surface area (Å²) in [6, 6.07) is 31.8. The molecule has 0 aliphatic carbocycles. The van der Waals surface area contributed by atoms with Gasteiger partial charge in [-0.3, -0.25) is 4.79 Å². The molecule has 7 nitrogen and oxygen atoms in total. The number of benzene rings is 4. The topological polar surface area (TPSA) is 78.7 Å². The second kappa shape index (κ2) is 13.9. The Morgan fingerprint density at radius 3 is 2.12 bits per heavy atom. The van der Waals surface area contributed by atoms with Crippen molar-refractivity contribution < 1.29 is 9.53 Å². The third-order valence-corrected chi connectivity index (χ3v) is 7.05. The Bertz CT molecular complexity index is 1580. The molecule has 220 valence electrons. The maximum atomic E-state index is 13.5. The number of hydrogen-bond acceptors (Lipinski definition) is 6. The molecule has 7 heteroatoms. The molecule has 1 heterocycles. The number of hydrogen-bond donors (Lipinski definition) is 1. The van der Waals surface area contributed by atoms with Crippen LogP contribution < -0.4 is 15.0 Å². The number of nitrogens with zero attached hydrogens (tertiary/aromatic N) is 4. The quantitative estimate of drug-likeness (QED) is 0.184. The molecule has 1 aliphatic rings. The zero-order valence-corrected chi connectivity index (χ0v) is 25.3. The van der Waals surface area contributed by atoms with Gasteiger partial charge in [0.25, 0.3) is 0 Å². The lowest BCUT2D eigenvalue weighted by atomic mass is 9.95. The average molecular weight is 574 g/mol. The Kier molecular flexibility index (Phi) is 9.62. The van der Waals surface area contributed by atoms with Gasteiger partial charge in [0.15, 0.2) is 0 Å². The van der Waals surface area contributed by atoms with Gasteiger partial charge in [-0.2, -0.15) is 5.11 Å². The summed E-state index contributed by atoms with van der Waals surface area (Å²) in [7, 11) is 0. The Hall–Kier alpha value is -4.78. The van der Waals surface area contributed by atoms with E-state index in [0.29, 0.717) is 18.4 Å². The summed E-state index contributed by atoms with van der Waals surface area (Å²) in [5, 5.41) is 15.4. The summed E-state index contributed by atoms with van der Waals surface area (Å²) in [5.74, 6) is 2.36. The van der Waals surface area contributed by atoms with Gasteiger partial charge in [0, 0.05) is 18.7 Å². The summed E-state index contributed by atoms with van der Waals surface area (Å²) >= 11 is 0. The molecule has 0 fully saturated rings. The molecule has 0 atom stereocenters. The van der Waals surface area contributed by atoms with Crippen molar-refractivity contribution in [1.29, 1.82) is 0 Å². The first-order chi connectivity index (χ1) is 20.9. The second-order valence-electron chi connectivity index (χ2n) is 11.7. The highest BCUT2D eigenvalue weighted by Crippen LogP contribution is 2.35. The van der Waals surface area contributed by atoms with E-state index >= 15 is 0 Å². The number of nitrogens with one attached hydrogen (secondary N) is 1. The van der Waals surface area contributed by atoms with E-state index in [0.717, 1.165) is 63.9 Å². The molecule has 1 aliphatic heterocycles. The lowest BCUT2D eigenvalue weighted by molar-refractivity contribution is -0.115. The fourth-order valence-corrected chi connectivity index (χ4v) is 5.25. The van der Waals surface area contributed by atoms with Crippen molar-refractivity contribution in [2.75, 3.05) is 29.9 Å². The zero-order valence-electron chi connectivity index (χ0n) is 25.3. The van der Waals surface area contributed by atoms with Crippen molar-refractivity contribution in [3.8, 4) is 22.6 Å². The molecule has 0 saturated carbocycles. The first-order valence-electron chi connectivity index (χ1n) is 14.9. The fraction of sp³-hybridized carbons (Fsp3) is 0.278. The molecule has 1 N–H and O–H groups in total. The van der Waals surface area contributed by atoms with Gasteiger partial charge in [0.1, 0.15) is 18.0 Å². The SMILES string of the molecule is CC(C)CN(CC(C)C)c1ccc(-c2ccccc2C2=NN=NC2)cc1NC(=O)Cc1ccc(Oc2ccccc2)cc1. The molecule has 0 unspecified atom stereocenters. The second-order valence-corrected chi connectivity index (χ2v) is 11.7. The van der Waals surface area contributed by atoms with Crippen molar-refractivity contribution >= 4 is 23.0 Å². The van der Waals surface area contributed by atoms with Crippen LogP contribution in [0.25, 0.3) is 11.1 Å². The van der Waals surface area contributed by atoms with Crippen LogP contribution in [-0.2, 0) is 11.2 Å². The average Bonchev–Trinajstić information content (AvgIpc) is 3.53. The molecule has 0 saturated heterocycles. The van der Waals surface area contributed by atoms with Crippen molar-refractivity contribution in [2.24, 2.45) is 27.3 Å². The van der Waals surface area contributed by atoms with Gasteiger partial charge in [0.2, 0.25) is 5.91 Å². The maximum absolute atomic E-state index is 13.5. The van der Waals surface area contributed by atoms with Crippen LogP contribution >= 0.6 is 0 Å². The lowest BCUT2D eigenvalue weighted by Gasteiger charge is -2.31. The predicted molar refractivity (Wildman–Crippen MR) is 175 cm³/mol. The van der Waals surface area contributed by atoms with E-state index < -0.39 is 0 Å². The molecular formula is C36H39N5O2. The van der Waals surface area contributed by atoms with Crippen molar-refractivity contribution in [3.05, 3.63) is 108 Å². The minimum Gasteiger partial charge on any atom is -0.457 e. The minimum atomic E-state index is -0.0739. The van der Waals surface area contributed by atoms with E-state index in [1.165, 1.54) is 0 Å². The number of carbonyl (C=O) groups excluding carboxylic acids is 1. The molecule has 1 amide bonds. The maximum Gasteiger partial charge on any atom is 0.228 e. The van der Waals surface area contributed by atoms with E-state index in [2.05, 4.69) is 77.6 Å². The first kappa shape index (κ1) is 29.7. The van der Waals surface area contributed by atoms with Crippen LogP contribution in [0.3, 0.4) is 0 Å². The summed E-state index contributed by atoms with van der Waals surface area (Å²) < 4.78 is 5.91. The predicted octanol–water partition coefficient (Wildman–Crippen LogP) is 8.62. The number of ether oxygens (including phenoxy) is 1. The highest BCUT2D eigenvalue weighted by atomic mass is 16.5. The van der Waals surface area contributed by atoms with Gasteiger partial charge in [-0.25, -0.2) is 0 Å². The van der Waals surface area contributed by atoms with Gasteiger partial charge < -0.3 is 15.0 Å². The summed E-state index contributed by atoms with van der Waals surface area (Å²) in [6.07, 6.45) is 0.250. The van der Waals surface area contributed by atoms with Crippen LogP contribution in [0.1, 0.15) is 38.8 Å². The molecular weight excluding hydrogens is 534 g/mol. The Balaban J connectivity index is 1.42. The molecule has 0 spiro atoms. The van der Waals surface area contributed by atoms with Crippen LogP contribution in [0.5, 0.6) is 11.5 Å². The van der Waals surface area contributed by atoms with Gasteiger partial charge in [-0.15, -0.1) is 5.10 Å². The van der Waals surface area contributed by atoms with Gasteiger partial charge in [-0.1, -0.05) is 88.4 Å². The minimum absolute atomic E-state index is 0.0739. The molecule has 4 aromatic rings. The molecule has 43 heavy (non-hydrogen) atoms. The van der Waals surface area contributed by atoms with Gasteiger partial charge in [0.05, 0.1) is 23.5 Å². The van der Waals surface area contributed by atoms with Crippen LogP contribution in [-0.4, -0.2) is 31.3 Å². The fourth-order valence-electron chi connectivity index (χ4n) is 5.25. The molecule has 5 rings (SSSR count). The molecule has 0 bridgehead atoms. The van der Waals surface area contributed by atoms with Crippen molar-refractivity contribution in [3.63, 3.8) is 0 Å². The zero-order chi connectivity index (χ0) is 30.2. The largest absolute Gasteiger partial charge is 0.457 e. The summed E-state index contributed by atoms with van der Waals surface area (Å²) in [4.78, 5) is 15.9. The van der Waals surface area contributed by atoms with Crippen molar-refractivity contribution in [2.45, 2.75) is 34.1 Å². The Morgan fingerprint density at radius 1 is 0.814 bits per heavy atom. The standard InChI is InChI=1S/C36H39N5O2/c1-25(2)23-41(24-26(3)4)35-19-16-28(31-12-8-9-13-32(31)34-22-37-40-39-34)21-33(35)38-36(42)20-27-14-17-30(18-15-27)43-29-10-6-5-7-11-29/h5-19,21,25-26H,20,22-24H2,1-4H3,(H,38,42). The highest BCUT2D eigenvalue weighted by molar-refractivity contribution is 6.08. The normalized spacial score (nSPS) is 12.5. The van der Waals surface area contributed by atoms with Gasteiger partial charge >= 0.3 is 0 Å². The monoisotopic (exact) mass is 573 g/mol. The number of carbonyl (C=O) groups is 1. The third-order valence-electron chi connectivity index (χ3n) is 7.05. The van der Waals surface area contributed by atoms with Crippen LogP contribution in [0.2, 0.25) is 0 Å². The number of anilines is 2. The summed E-state index contributed by atoms with van der Waals surface area (Å²) in [5.41, 5.74) is 6.60. The molecule has 0 aromatic heterocycles. The smallest absolute Gasteiger partial charge is 0.228 e.